The van der Waals surface area contributed by atoms with Crippen LogP contribution < -0.4 is 16.0 Å². The summed E-state index contributed by atoms with van der Waals surface area (Å²) >= 11 is 0. The number of nitrogens with one attached hydrogen (secondary N) is 1. The van der Waals surface area contributed by atoms with Gasteiger partial charge in [0.1, 0.15) is 11.3 Å². The zero-order valence-corrected chi connectivity index (χ0v) is 19.1. The van der Waals surface area contributed by atoms with Gasteiger partial charge in [-0.25, -0.2) is 18.6 Å². The smallest absolute Gasteiger partial charge is 0.298 e. The minimum absolute atomic E-state index is 0.0693. The van der Waals surface area contributed by atoms with Crippen LogP contribution in [-0.4, -0.2) is 43.9 Å². The Morgan fingerprint density at radius 3 is 2.61 bits per heavy atom. The first-order valence-electron chi connectivity index (χ1n) is 11.1. The average Bonchev–Trinajstić information content (AvgIpc) is 3.51. The van der Waals surface area contributed by atoms with Crippen LogP contribution in [0.1, 0.15) is 25.0 Å². The fourth-order valence-corrected chi connectivity index (χ4v) is 4.30. The van der Waals surface area contributed by atoms with Crippen molar-refractivity contribution in [1.29, 1.82) is 0 Å². The summed E-state index contributed by atoms with van der Waals surface area (Å²) in [5.74, 6) is 2.77. The molecule has 3 heterocycles. The van der Waals surface area contributed by atoms with Crippen LogP contribution in [0.3, 0.4) is 0 Å². The van der Waals surface area contributed by atoms with Gasteiger partial charge < -0.3 is 15.4 Å². The molecule has 1 atom stereocenters. The number of H-pyrrole nitrogens is 1. The largest absolute Gasteiger partial charge is 0.451 e. The van der Waals surface area contributed by atoms with E-state index in [1.165, 1.54) is 22.9 Å². The molecular weight excluding hydrogens is 470 g/mol. The molecule has 182 valence electrons. The Kier molecular flexibility index (Phi) is 5.85. The minimum Gasteiger partial charge on any atom is -0.451 e. The number of rotatable bonds is 4. The number of nitrogens with zero attached hydrogens (tertiary/aromatic N) is 4. The van der Waals surface area contributed by atoms with Crippen LogP contribution in [0.25, 0.3) is 16.6 Å². The maximum Gasteiger partial charge on any atom is 0.298 e. The highest BCUT2D eigenvalue weighted by Gasteiger charge is 2.32. The number of hydrogen-bond acceptors (Lipinski definition) is 6. The molecule has 1 aliphatic rings. The monoisotopic (exact) mass is 490 g/mol. The van der Waals surface area contributed by atoms with Crippen molar-refractivity contribution in [1.82, 2.24) is 24.9 Å². The second kappa shape index (κ2) is 9.14. The Labute approximate surface area is 203 Å². The van der Waals surface area contributed by atoms with Gasteiger partial charge in [-0.1, -0.05) is 12.0 Å². The quantitative estimate of drug-likeness (QED) is 0.425. The molecule has 11 heteroatoms. The number of nitrogen functional groups attached to an aromatic ring is 1. The van der Waals surface area contributed by atoms with Crippen LogP contribution in [0.2, 0.25) is 0 Å². The third-order valence-electron chi connectivity index (χ3n) is 5.97. The molecule has 0 aliphatic carbocycles. The predicted molar refractivity (Wildman–Crippen MR) is 128 cm³/mol. The average molecular weight is 490 g/mol. The number of hydrogen-bond donors (Lipinski definition) is 2. The number of para-hydroxylation sites is 1. The third kappa shape index (κ3) is 4.02. The van der Waals surface area contributed by atoms with Crippen LogP contribution in [0.5, 0.6) is 11.5 Å². The lowest BCUT2D eigenvalue weighted by molar-refractivity contribution is -0.124. The highest BCUT2D eigenvalue weighted by atomic mass is 19.1. The Hall–Kier alpha value is -4.72. The fraction of sp³-hybridized carbons (Fsp3) is 0.200. The van der Waals surface area contributed by atoms with Gasteiger partial charge >= 0.3 is 0 Å². The van der Waals surface area contributed by atoms with E-state index in [2.05, 4.69) is 27.1 Å². The molecule has 36 heavy (non-hydrogen) atoms. The summed E-state index contributed by atoms with van der Waals surface area (Å²) in [4.78, 5) is 26.6. The third-order valence-corrected chi connectivity index (χ3v) is 5.97. The zero-order chi connectivity index (χ0) is 25.4. The first kappa shape index (κ1) is 23.0. The van der Waals surface area contributed by atoms with Gasteiger partial charge in [-0.2, -0.15) is 10.2 Å². The van der Waals surface area contributed by atoms with Crippen LogP contribution in [0, 0.1) is 23.5 Å². The molecule has 1 aliphatic heterocycles. The van der Waals surface area contributed by atoms with Crippen LogP contribution in [0.15, 0.2) is 47.3 Å². The van der Waals surface area contributed by atoms with Gasteiger partial charge in [0.05, 0.1) is 16.8 Å². The first-order valence-corrected chi connectivity index (χ1v) is 11.1. The Morgan fingerprint density at radius 1 is 1.19 bits per heavy atom. The normalized spacial score (nSPS) is 15.1. The van der Waals surface area contributed by atoms with Gasteiger partial charge in [0, 0.05) is 19.0 Å². The first-order chi connectivity index (χ1) is 17.4. The van der Waals surface area contributed by atoms with E-state index in [1.54, 1.807) is 24.0 Å². The standard InChI is InChI=1S/C25H20F2N6O3/c1-2-4-19(34)32-12-11-14(13-32)21-20-22(24(28)29-30-25(20)35)33(31-21)15-7-9-16(10-8-15)36-23-17(26)5-3-6-18(23)27/h3,5-10,14H,11-13H2,1H3,(H2,28,29)(H,30,35)/t14-/m1/s1. The molecule has 5 rings (SSSR count). The minimum atomic E-state index is -0.825. The number of nitrogens with two attached hydrogens (primary N) is 1. The van der Waals surface area contributed by atoms with E-state index in [0.29, 0.717) is 36.4 Å². The van der Waals surface area contributed by atoms with E-state index >= 15 is 0 Å². The molecule has 2 aromatic carbocycles. The maximum absolute atomic E-state index is 13.9. The number of ether oxygens (including phenoxy) is 1. The maximum atomic E-state index is 13.9. The number of benzene rings is 2. The van der Waals surface area contributed by atoms with Crippen molar-refractivity contribution < 1.29 is 18.3 Å². The molecule has 1 amide bonds. The van der Waals surface area contributed by atoms with E-state index in [4.69, 9.17) is 10.5 Å². The second-order valence-electron chi connectivity index (χ2n) is 8.22. The predicted octanol–water partition coefficient (Wildman–Crippen LogP) is 3.10. The Morgan fingerprint density at radius 2 is 1.92 bits per heavy atom. The van der Waals surface area contributed by atoms with Crippen LogP contribution >= 0.6 is 0 Å². The van der Waals surface area contributed by atoms with E-state index in [-0.39, 0.29) is 28.8 Å². The van der Waals surface area contributed by atoms with Crippen molar-refractivity contribution in [2.75, 3.05) is 18.8 Å². The number of carbonyl (C=O) groups is 1. The molecule has 1 fully saturated rings. The fourth-order valence-electron chi connectivity index (χ4n) is 4.30. The molecule has 1 saturated heterocycles. The molecule has 3 N–H and O–H groups in total. The number of aromatic amines is 1. The summed E-state index contributed by atoms with van der Waals surface area (Å²) in [7, 11) is 0. The topological polar surface area (TPSA) is 119 Å². The van der Waals surface area contributed by atoms with Crippen LogP contribution in [-0.2, 0) is 4.79 Å². The summed E-state index contributed by atoms with van der Waals surface area (Å²) in [5, 5.41) is 11.3. The Balaban J connectivity index is 1.52. The molecule has 4 aromatic rings. The number of aromatic nitrogens is 4. The second-order valence-corrected chi connectivity index (χ2v) is 8.22. The Bertz CT molecular complexity index is 1580. The lowest BCUT2D eigenvalue weighted by Crippen LogP contribution is -2.27. The van der Waals surface area contributed by atoms with Crippen molar-refractivity contribution in [2.24, 2.45) is 0 Å². The molecule has 0 radical (unpaired) electrons. The lowest BCUT2D eigenvalue weighted by Gasteiger charge is -2.12. The van der Waals surface area contributed by atoms with Gasteiger partial charge in [-0.15, -0.1) is 0 Å². The molecular formula is C25H20F2N6O3. The van der Waals surface area contributed by atoms with Gasteiger partial charge in [-0.3, -0.25) is 9.59 Å². The number of amides is 1. The van der Waals surface area contributed by atoms with E-state index < -0.39 is 22.9 Å². The molecule has 2 aromatic heterocycles. The van der Waals surface area contributed by atoms with Crippen molar-refractivity contribution in [2.45, 2.75) is 19.3 Å². The van der Waals surface area contributed by atoms with Gasteiger partial charge in [0.2, 0.25) is 0 Å². The molecule has 0 saturated carbocycles. The number of anilines is 1. The van der Waals surface area contributed by atoms with E-state index in [0.717, 1.165) is 12.1 Å². The molecule has 0 bridgehead atoms. The molecule has 9 nitrogen and oxygen atoms in total. The van der Waals surface area contributed by atoms with Gasteiger partial charge in [0.25, 0.3) is 11.5 Å². The number of likely N-dealkylation sites (tertiary alicyclic amines) is 1. The zero-order valence-electron chi connectivity index (χ0n) is 19.1. The highest BCUT2D eigenvalue weighted by molar-refractivity contribution is 5.94. The summed E-state index contributed by atoms with van der Waals surface area (Å²) in [6, 6.07) is 9.72. The van der Waals surface area contributed by atoms with Crippen molar-refractivity contribution >= 4 is 22.6 Å². The van der Waals surface area contributed by atoms with Gasteiger partial charge in [-0.05, 0) is 55.7 Å². The lowest BCUT2D eigenvalue weighted by atomic mass is 10.0. The number of fused-ring (bicyclic) bond motifs is 1. The highest BCUT2D eigenvalue weighted by Crippen LogP contribution is 2.34. The van der Waals surface area contributed by atoms with Crippen LogP contribution in [0.4, 0.5) is 14.6 Å². The number of halogens is 2. The van der Waals surface area contributed by atoms with Crippen molar-refractivity contribution in [3.63, 3.8) is 0 Å². The number of carbonyl (C=O) groups excluding carboxylic acids is 1. The molecule has 0 unspecified atom stereocenters. The van der Waals surface area contributed by atoms with Crippen molar-refractivity contribution in [3.05, 3.63) is 70.1 Å². The summed E-state index contributed by atoms with van der Waals surface area (Å²) in [5.41, 5.74) is 7.01. The SMILES string of the molecule is CC#CC(=O)N1CC[C@@H](c2nn(-c3ccc(Oc4c(F)cccc4F)cc3)c3c(N)n[nH]c(=O)c23)C1. The summed E-state index contributed by atoms with van der Waals surface area (Å²) < 4.78 is 34.8. The van der Waals surface area contributed by atoms with Gasteiger partial charge in [0.15, 0.2) is 23.2 Å². The molecule has 0 spiro atoms. The summed E-state index contributed by atoms with van der Waals surface area (Å²) in [6.07, 6.45) is 0.603. The van der Waals surface area contributed by atoms with Crippen molar-refractivity contribution in [3.8, 4) is 29.0 Å². The van der Waals surface area contributed by atoms with E-state index in [9.17, 15) is 18.4 Å². The summed E-state index contributed by atoms with van der Waals surface area (Å²) in [6.45, 7) is 2.45. The van der Waals surface area contributed by atoms with E-state index in [1.807, 2.05) is 0 Å².